The van der Waals surface area contributed by atoms with Gasteiger partial charge in [-0.25, -0.2) is 8.42 Å². The molecular formula is C11H17NO2S. The number of sulfone groups is 1. The number of hydrogen-bond acceptors (Lipinski definition) is 3. The van der Waals surface area contributed by atoms with Crippen molar-refractivity contribution in [2.24, 2.45) is 5.73 Å². The third-order valence-electron chi connectivity index (χ3n) is 2.50. The summed E-state index contributed by atoms with van der Waals surface area (Å²) in [5.74, 6) is 0. The summed E-state index contributed by atoms with van der Waals surface area (Å²) in [6.07, 6.45) is 0. The van der Waals surface area contributed by atoms with Crippen LogP contribution < -0.4 is 5.73 Å². The van der Waals surface area contributed by atoms with Crippen molar-refractivity contribution in [3.63, 3.8) is 0 Å². The Balaban J connectivity index is 3.28. The molecule has 0 heterocycles. The predicted octanol–water partition coefficient (Wildman–Crippen LogP) is 1.42. The minimum Gasteiger partial charge on any atom is -0.329 e. The molecule has 1 unspecified atom stereocenters. The summed E-state index contributed by atoms with van der Waals surface area (Å²) >= 11 is 0. The Morgan fingerprint density at radius 3 is 2.40 bits per heavy atom. The van der Waals surface area contributed by atoms with Crippen LogP contribution in [0.1, 0.15) is 18.1 Å². The van der Waals surface area contributed by atoms with Crippen molar-refractivity contribution < 1.29 is 8.42 Å². The lowest BCUT2D eigenvalue weighted by atomic mass is 10.2. The van der Waals surface area contributed by atoms with Gasteiger partial charge in [0.2, 0.25) is 0 Å². The molecule has 3 nitrogen and oxygen atoms in total. The number of hydrogen-bond donors (Lipinski definition) is 1. The van der Waals surface area contributed by atoms with Crippen molar-refractivity contribution in [1.82, 2.24) is 0 Å². The average Bonchev–Trinajstić information content (AvgIpc) is 2.15. The molecule has 2 N–H and O–H groups in total. The van der Waals surface area contributed by atoms with Crippen molar-refractivity contribution in [1.29, 1.82) is 0 Å². The molecule has 15 heavy (non-hydrogen) atoms. The number of rotatable bonds is 3. The minimum absolute atomic E-state index is 0.148. The summed E-state index contributed by atoms with van der Waals surface area (Å²) in [5.41, 5.74) is 7.25. The van der Waals surface area contributed by atoms with Crippen molar-refractivity contribution >= 4 is 9.84 Å². The second kappa shape index (κ2) is 4.33. The average molecular weight is 227 g/mol. The smallest absolute Gasteiger partial charge is 0.182 e. The quantitative estimate of drug-likeness (QED) is 0.849. The molecule has 1 aromatic rings. The summed E-state index contributed by atoms with van der Waals surface area (Å²) < 4.78 is 24.0. The van der Waals surface area contributed by atoms with E-state index in [9.17, 15) is 8.42 Å². The Morgan fingerprint density at radius 1 is 1.33 bits per heavy atom. The fourth-order valence-electron chi connectivity index (χ4n) is 1.46. The lowest BCUT2D eigenvalue weighted by Gasteiger charge is -2.13. The molecule has 0 spiro atoms. The van der Waals surface area contributed by atoms with Crippen LogP contribution in [-0.2, 0) is 9.84 Å². The van der Waals surface area contributed by atoms with Gasteiger partial charge in [0, 0.05) is 6.54 Å². The monoisotopic (exact) mass is 227 g/mol. The zero-order valence-corrected chi connectivity index (χ0v) is 10.1. The highest BCUT2D eigenvalue weighted by atomic mass is 32.2. The third-order valence-corrected chi connectivity index (χ3v) is 4.82. The zero-order chi connectivity index (χ0) is 11.6. The van der Waals surface area contributed by atoms with Crippen LogP contribution in [0, 0.1) is 13.8 Å². The van der Waals surface area contributed by atoms with Gasteiger partial charge in [-0.1, -0.05) is 17.7 Å². The number of nitrogens with two attached hydrogens (primary N) is 1. The van der Waals surface area contributed by atoms with E-state index in [0.717, 1.165) is 11.1 Å². The molecule has 0 saturated carbocycles. The van der Waals surface area contributed by atoms with Crippen LogP contribution in [-0.4, -0.2) is 20.2 Å². The second-order valence-corrected chi connectivity index (χ2v) is 6.19. The topological polar surface area (TPSA) is 60.2 Å². The van der Waals surface area contributed by atoms with Gasteiger partial charge >= 0.3 is 0 Å². The molecule has 0 fully saturated rings. The van der Waals surface area contributed by atoms with E-state index in [4.69, 9.17) is 5.73 Å². The van der Waals surface area contributed by atoms with E-state index in [1.165, 1.54) is 0 Å². The molecule has 0 aliphatic carbocycles. The predicted molar refractivity (Wildman–Crippen MR) is 61.6 cm³/mol. The lowest BCUT2D eigenvalue weighted by Crippen LogP contribution is -2.27. The number of aryl methyl sites for hydroxylation is 2. The molecule has 0 aromatic heterocycles. The van der Waals surface area contributed by atoms with Gasteiger partial charge in [0.25, 0.3) is 0 Å². The minimum atomic E-state index is -3.26. The molecule has 0 aliphatic rings. The first-order valence-electron chi connectivity index (χ1n) is 4.91. The normalized spacial score (nSPS) is 13.9. The Hall–Kier alpha value is -0.870. The van der Waals surface area contributed by atoms with Gasteiger partial charge in [0.15, 0.2) is 9.84 Å². The van der Waals surface area contributed by atoms with Gasteiger partial charge in [0.1, 0.15) is 0 Å². The molecule has 0 saturated heterocycles. The van der Waals surface area contributed by atoms with Crippen LogP contribution in [0.4, 0.5) is 0 Å². The zero-order valence-electron chi connectivity index (χ0n) is 9.32. The maximum absolute atomic E-state index is 12.0. The highest BCUT2D eigenvalue weighted by molar-refractivity contribution is 7.92. The molecule has 84 valence electrons. The molecule has 0 bridgehead atoms. The van der Waals surface area contributed by atoms with Gasteiger partial charge in [-0.05, 0) is 32.4 Å². The van der Waals surface area contributed by atoms with E-state index >= 15 is 0 Å². The first-order valence-corrected chi connectivity index (χ1v) is 6.45. The number of benzene rings is 1. The van der Waals surface area contributed by atoms with Crippen molar-refractivity contribution in [3.8, 4) is 0 Å². The molecule has 0 radical (unpaired) electrons. The molecule has 1 aromatic carbocycles. The summed E-state index contributed by atoms with van der Waals surface area (Å²) in [4.78, 5) is 0.394. The van der Waals surface area contributed by atoms with Gasteiger partial charge in [-0.2, -0.15) is 0 Å². The maximum Gasteiger partial charge on any atom is 0.182 e. The van der Waals surface area contributed by atoms with E-state index in [-0.39, 0.29) is 6.54 Å². The largest absolute Gasteiger partial charge is 0.329 e. The van der Waals surface area contributed by atoms with Gasteiger partial charge < -0.3 is 5.73 Å². The standard InChI is InChI=1S/C11H17NO2S/c1-8-4-5-11(9(2)6-8)15(13,14)10(3)7-12/h4-6,10H,7,12H2,1-3H3. The highest BCUT2D eigenvalue weighted by Gasteiger charge is 2.23. The molecular weight excluding hydrogens is 210 g/mol. The van der Waals surface area contributed by atoms with Crippen LogP contribution in [0.3, 0.4) is 0 Å². The van der Waals surface area contributed by atoms with E-state index in [0.29, 0.717) is 4.90 Å². The van der Waals surface area contributed by atoms with Crippen LogP contribution >= 0.6 is 0 Å². The van der Waals surface area contributed by atoms with Gasteiger partial charge in [-0.15, -0.1) is 0 Å². The second-order valence-electron chi connectivity index (χ2n) is 3.86. The summed E-state index contributed by atoms with van der Waals surface area (Å²) in [5, 5.41) is -0.529. The van der Waals surface area contributed by atoms with Gasteiger partial charge in [0.05, 0.1) is 10.1 Å². The Bertz CT molecular complexity index is 452. The van der Waals surface area contributed by atoms with Crippen molar-refractivity contribution in [2.45, 2.75) is 30.9 Å². The van der Waals surface area contributed by atoms with E-state index < -0.39 is 15.1 Å². The van der Waals surface area contributed by atoms with Crippen molar-refractivity contribution in [2.75, 3.05) is 6.54 Å². The fourth-order valence-corrected chi connectivity index (χ4v) is 2.91. The van der Waals surface area contributed by atoms with E-state index in [1.807, 2.05) is 26.0 Å². The Kier molecular flexibility index (Phi) is 3.52. The van der Waals surface area contributed by atoms with Gasteiger partial charge in [-0.3, -0.25) is 0 Å². The van der Waals surface area contributed by atoms with Crippen LogP contribution in [0.2, 0.25) is 0 Å². The maximum atomic E-state index is 12.0. The fraction of sp³-hybridized carbons (Fsp3) is 0.455. The SMILES string of the molecule is Cc1ccc(S(=O)(=O)C(C)CN)c(C)c1. The highest BCUT2D eigenvalue weighted by Crippen LogP contribution is 2.20. The van der Waals surface area contributed by atoms with Crippen LogP contribution in [0.15, 0.2) is 23.1 Å². The van der Waals surface area contributed by atoms with Crippen LogP contribution in [0.5, 0.6) is 0 Å². The summed E-state index contributed by atoms with van der Waals surface area (Å²) in [7, 11) is -3.26. The first-order chi connectivity index (χ1) is 6.89. The Morgan fingerprint density at radius 2 is 1.93 bits per heavy atom. The van der Waals surface area contributed by atoms with E-state index in [1.54, 1.807) is 13.0 Å². The molecule has 1 atom stereocenters. The van der Waals surface area contributed by atoms with E-state index in [2.05, 4.69) is 0 Å². The van der Waals surface area contributed by atoms with Crippen molar-refractivity contribution in [3.05, 3.63) is 29.3 Å². The van der Waals surface area contributed by atoms with Crippen LogP contribution in [0.25, 0.3) is 0 Å². The molecule has 0 amide bonds. The first kappa shape index (κ1) is 12.2. The summed E-state index contributed by atoms with van der Waals surface area (Å²) in [6.45, 7) is 5.53. The molecule has 4 heteroatoms. The lowest BCUT2D eigenvalue weighted by molar-refractivity contribution is 0.583. The third kappa shape index (κ3) is 2.38. The molecule has 1 rings (SSSR count). The summed E-state index contributed by atoms with van der Waals surface area (Å²) in [6, 6.07) is 5.34. The molecule has 0 aliphatic heterocycles. The Labute approximate surface area is 91.2 Å².